The zero-order valence-electron chi connectivity index (χ0n) is 11.0. The molecule has 1 aromatic heterocycles. The molecule has 3 rings (SSSR count). The van der Waals surface area contributed by atoms with Crippen molar-refractivity contribution < 1.29 is 8.78 Å². The maximum absolute atomic E-state index is 13.4. The maximum Gasteiger partial charge on any atom is 0.141 e. The average molecular weight is 322 g/mol. The third-order valence-electron chi connectivity index (χ3n) is 3.01. The zero-order valence-corrected chi connectivity index (χ0v) is 12.6. The van der Waals surface area contributed by atoms with Gasteiger partial charge >= 0.3 is 0 Å². The van der Waals surface area contributed by atoms with Crippen LogP contribution < -0.4 is 0 Å². The summed E-state index contributed by atoms with van der Waals surface area (Å²) in [7, 11) is 0. The van der Waals surface area contributed by atoms with E-state index in [0.717, 1.165) is 15.4 Å². The van der Waals surface area contributed by atoms with Crippen LogP contribution in [-0.4, -0.2) is 4.98 Å². The molecule has 0 amide bonds. The van der Waals surface area contributed by atoms with Gasteiger partial charge in [-0.2, -0.15) is 0 Å². The van der Waals surface area contributed by atoms with Crippen LogP contribution in [0.3, 0.4) is 0 Å². The number of halogens is 3. The minimum Gasteiger partial charge on any atom is -0.241 e. The first-order valence-electron chi connectivity index (χ1n) is 6.23. The highest BCUT2D eigenvalue weighted by atomic mass is 35.5. The highest BCUT2D eigenvalue weighted by Gasteiger charge is 2.15. The summed E-state index contributed by atoms with van der Waals surface area (Å²) in [6.07, 6.45) is 0. The van der Waals surface area contributed by atoms with Crippen LogP contribution >= 0.6 is 22.9 Å². The molecule has 0 unspecified atom stereocenters. The van der Waals surface area contributed by atoms with Crippen molar-refractivity contribution in [3.05, 3.63) is 64.1 Å². The van der Waals surface area contributed by atoms with E-state index >= 15 is 0 Å². The van der Waals surface area contributed by atoms with Crippen LogP contribution in [0.4, 0.5) is 8.78 Å². The molecule has 21 heavy (non-hydrogen) atoms. The molecule has 0 N–H and O–H groups in total. The lowest BCUT2D eigenvalue weighted by molar-refractivity contribution is 0.628. The summed E-state index contributed by atoms with van der Waals surface area (Å²) in [5, 5.41) is 0.896. The topological polar surface area (TPSA) is 12.9 Å². The number of aryl methyl sites for hydroxylation is 1. The van der Waals surface area contributed by atoms with Gasteiger partial charge in [0.15, 0.2) is 0 Å². The second kappa shape index (κ2) is 5.54. The van der Waals surface area contributed by atoms with E-state index in [-0.39, 0.29) is 10.8 Å². The Hall–Kier alpha value is -1.78. The fourth-order valence-corrected chi connectivity index (χ4v) is 3.21. The van der Waals surface area contributed by atoms with Crippen molar-refractivity contribution in [1.29, 1.82) is 0 Å². The number of rotatable bonds is 2. The molecule has 0 atom stereocenters. The Balaban J connectivity index is 2.17. The van der Waals surface area contributed by atoms with Crippen molar-refractivity contribution >= 4 is 22.9 Å². The molecule has 0 saturated carbocycles. The molecule has 5 heteroatoms. The quantitative estimate of drug-likeness (QED) is 0.588. The summed E-state index contributed by atoms with van der Waals surface area (Å²) < 4.78 is 26.7. The van der Waals surface area contributed by atoms with Gasteiger partial charge in [0.2, 0.25) is 0 Å². The van der Waals surface area contributed by atoms with Crippen LogP contribution in [0, 0.1) is 18.6 Å². The Kier molecular flexibility index (Phi) is 3.74. The second-order valence-corrected chi connectivity index (χ2v) is 6.16. The summed E-state index contributed by atoms with van der Waals surface area (Å²) in [5.74, 6) is -0.777. The van der Waals surface area contributed by atoms with Gasteiger partial charge in [-0.15, -0.1) is 11.3 Å². The molecular weight excluding hydrogens is 312 g/mol. The lowest BCUT2D eigenvalue weighted by atomic mass is 10.1. The van der Waals surface area contributed by atoms with E-state index in [9.17, 15) is 8.78 Å². The molecule has 0 spiro atoms. The first-order chi connectivity index (χ1) is 10.0. The smallest absolute Gasteiger partial charge is 0.141 e. The Morgan fingerprint density at radius 3 is 2.57 bits per heavy atom. The first kappa shape index (κ1) is 14.2. The standard InChI is InChI=1S/C16H10ClF2NS/c1-9-20-15(10-5-6-14(19)13(17)8-10)16(21-9)11-3-2-4-12(18)7-11/h2-8H,1H3. The van der Waals surface area contributed by atoms with Gasteiger partial charge in [0.1, 0.15) is 11.6 Å². The molecule has 0 aliphatic heterocycles. The SMILES string of the molecule is Cc1nc(-c2ccc(F)c(Cl)c2)c(-c2cccc(F)c2)s1. The first-order valence-corrected chi connectivity index (χ1v) is 7.43. The number of hydrogen-bond acceptors (Lipinski definition) is 2. The van der Waals surface area contributed by atoms with Crippen LogP contribution in [0.2, 0.25) is 5.02 Å². The van der Waals surface area contributed by atoms with Gasteiger partial charge in [0.25, 0.3) is 0 Å². The van der Waals surface area contributed by atoms with E-state index < -0.39 is 5.82 Å². The predicted molar refractivity (Wildman–Crippen MR) is 82.6 cm³/mol. The summed E-state index contributed by atoms with van der Waals surface area (Å²) in [4.78, 5) is 5.31. The number of aromatic nitrogens is 1. The van der Waals surface area contributed by atoms with Crippen LogP contribution in [-0.2, 0) is 0 Å². The van der Waals surface area contributed by atoms with E-state index in [2.05, 4.69) is 4.98 Å². The monoisotopic (exact) mass is 321 g/mol. The minimum atomic E-state index is -0.473. The summed E-state index contributed by atoms with van der Waals surface area (Å²) in [6, 6.07) is 10.8. The molecule has 0 fully saturated rings. The Bertz CT molecular complexity index is 814. The van der Waals surface area contributed by atoms with Gasteiger partial charge in [-0.05, 0) is 42.8 Å². The predicted octanol–water partition coefficient (Wildman–Crippen LogP) is 5.72. The van der Waals surface area contributed by atoms with Crippen molar-refractivity contribution in [1.82, 2.24) is 4.98 Å². The lowest BCUT2D eigenvalue weighted by Gasteiger charge is -2.04. The van der Waals surface area contributed by atoms with E-state index in [1.807, 2.05) is 13.0 Å². The minimum absolute atomic E-state index is 0.0448. The molecule has 0 aliphatic carbocycles. The molecule has 0 radical (unpaired) electrons. The largest absolute Gasteiger partial charge is 0.241 e. The van der Waals surface area contributed by atoms with Crippen LogP contribution in [0.25, 0.3) is 21.7 Å². The van der Waals surface area contributed by atoms with Crippen molar-refractivity contribution in [2.45, 2.75) is 6.92 Å². The van der Waals surface area contributed by atoms with E-state index in [1.165, 1.54) is 35.6 Å². The highest BCUT2D eigenvalue weighted by Crippen LogP contribution is 2.37. The van der Waals surface area contributed by atoms with Crippen molar-refractivity contribution in [3.8, 4) is 21.7 Å². The van der Waals surface area contributed by atoms with Crippen molar-refractivity contribution in [2.24, 2.45) is 0 Å². The third kappa shape index (κ3) is 2.82. The van der Waals surface area contributed by atoms with Crippen LogP contribution in [0.1, 0.15) is 5.01 Å². The summed E-state index contributed by atoms with van der Waals surface area (Å²) >= 11 is 7.30. The third-order valence-corrected chi connectivity index (χ3v) is 4.32. The van der Waals surface area contributed by atoms with Crippen LogP contribution in [0.5, 0.6) is 0 Å². The van der Waals surface area contributed by atoms with Gasteiger partial charge in [-0.3, -0.25) is 0 Å². The molecule has 0 bridgehead atoms. The number of benzene rings is 2. The number of hydrogen-bond donors (Lipinski definition) is 0. The molecule has 106 valence electrons. The van der Waals surface area contributed by atoms with E-state index in [1.54, 1.807) is 12.1 Å². The van der Waals surface area contributed by atoms with Crippen LogP contribution in [0.15, 0.2) is 42.5 Å². The molecule has 3 aromatic rings. The molecule has 0 aliphatic rings. The Morgan fingerprint density at radius 1 is 1.05 bits per heavy atom. The zero-order chi connectivity index (χ0) is 15.0. The molecule has 0 saturated heterocycles. The van der Waals surface area contributed by atoms with Gasteiger partial charge < -0.3 is 0 Å². The number of thiazole rings is 1. The molecule has 1 nitrogen and oxygen atoms in total. The molecular formula is C16H10ClF2NS. The van der Waals surface area contributed by atoms with E-state index in [0.29, 0.717) is 11.3 Å². The second-order valence-electron chi connectivity index (χ2n) is 4.55. The molecule has 1 heterocycles. The summed E-state index contributed by atoms with van der Waals surface area (Å²) in [5.41, 5.74) is 2.14. The Labute approximate surface area is 129 Å². The average Bonchev–Trinajstić information content (AvgIpc) is 2.84. The number of nitrogens with zero attached hydrogens (tertiary/aromatic N) is 1. The van der Waals surface area contributed by atoms with Crippen molar-refractivity contribution in [3.63, 3.8) is 0 Å². The Morgan fingerprint density at radius 2 is 1.86 bits per heavy atom. The normalized spacial score (nSPS) is 10.9. The van der Waals surface area contributed by atoms with Gasteiger partial charge in [-0.1, -0.05) is 23.7 Å². The lowest BCUT2D eigenvalue weighted by Crippen LogP contribution is -1.85. The van der Waals surface area contributed by atoms with Gasteiger partial charge in [0.05, 0.1) is 20.6 Å². The van der Waals surface area contributed by atoms with E-state index in [4.69, 9.17) is 11.6 Å². The fraction of sp³-hybridized carbons (Fsp3) is 0.0625. The molecule has 2 aromatic carbocycles. The van der Waals surface area contributed by atoms with Gasteiger partial charge in [-0.25, -0.2) is 13.8 Å². The van der Waals surface area contributed by atoms with Crippen molar-refractivity contribution in [2.75, 3.05) is 0 Å². The van der Waals surface area contributed by atoms with Gasteiger partial charge in [0, 0.05) is 5.56 Å². The fourth-order valence-electron chi connectivity index (χ4n) is 2.09. The summed E-state index contributed by atoms with van der Waals surface area (Å²) in [6.45, 7) is 1.88. The highest BCUT2D eigenvalue weighted by molar-refractivity contribution is 7.15. The maximum atomic E-state index is 13.4.